The van der Waals surface area contributed by atoms with Crippen molar-refractivity contribution in [1.82, 2.24) is 0 Å². The van der Waals surface area contributed by atoms with Crippen LogP contribution in [-0.4, -0.2) is 19.6 Å². The van der Waals surface area contributed by atoms with Gasteiger partial charge in [0.25, 0.3) is 0 Å². The maximum atomic E-state index is 12.0. The molecule has 0 fully saturated rings. The lowest BCUT2D eigenvalue weighted by molar-refractivity contribution is -0.116. The quantitative estimate of drug-likeness (QED) is 0.783. The number of rotatable bonds is 7. The first-order chi connectivity index (χ1) is 11.1. The van der Waals surface area contributed by atoms with Gasteiger partial charge in [0.05, 0.1) is 13.7 Å². The highest BCUT2D eigenvalue weighted by molar-refractivity contribution is 5.91. The molecule has 0 aliphatic heterocycles. The van der Waals surface area contributed by atoms with Crippen molar-refractivity contribution in [3.63, 3.8) is 0 Å². The summed E-state index contributed by atoms with van der Waals surface area (Å²) in [5.41, 5.74) is 3.14. The molecule has 1 amide bonds. The van der Waals surface area contributed by atoms with Crippen molar-refractivity contribution in [2.75, 3.05) is 19.0 Å². The van der Waals surface area contributed by atoms with Crippen LogP contribution in [0.1, 0.15) is 24.0 Å². The van der Waals surface area contributed by atoms with E-state index in [9.17, 15) is 4.79 Å². The molecule has 0 spiro atoms. The number of hydrogen-bond acceptors (Lipinski definition) is 3. The Morgan fingerprint density at radius 1 is 1.04 bits per heavy atom. The Labute approximate surface area is 137 Å². The van der Waals surface area contributed by atoms with E-state index in [1.807, 2.05) is 50.2 Å². The first-order valence-corrected chi connectivity index (χ1v) is 7.72. The molecule has 0 unspecified atom stereocenters. The topological polar surface area (TPSA) is 47.6 Å². The zero-order valence-corrected chi connectivity index (χ0v) is 13.9. The molecule has 0 heterocycles. The highest BCUT2D eigenvalue weighted by Crippen LogP contribution is 2.18. The van der Waals surface area contributed by atoms with Gasteiger partial charge >= 0.3 is 0 Å². The Balaban J connectivity index is 1.72. The molecule has 1 N–H and O–H groups in total. The second-order valence-electron chi connectivity index (χ2n) is 5.49. The van der Waals surface area contributed by atoms with Crippen molar-refractivity contribution in [2.45, 2.75) is 26.7 Å². The highest BCUT2D eigenvalue weighted by atomic mass is 16.5. The summed E-state index contributed by atoms with van der Waals surface area (Å²) in [6, 6.07) is 13.4. The summed E-state index contributed by atoms with van der Waals surface area (Å²) in [6.45, 7) is 4.54. The van der Waals surface area contributed by atoms with Gasteiger partial charge in [0.15, 0.2) is 0 Å². The van der Waals surface area contributed by atoms with Crippen LogP contribution in [0.3, 0.4) is 0 Å². The van der Waals surface area contributed by atoms with Gasteiger partial charge in [-0.15, -0.1) is 0 Å². The zero-order valence-electron chi connectivity index (χ0n) is 13.9. The van der Waals surface area contributed by atoms with Crippen LogP contribution >= 0.6 is 0 Å². The summed E-state index contributed by atoms with van der Waals surface area (Å²) in [5, 5.41) is 2.94. The molecule has 0 atom stereocenters. The molecule has 23 heavy (non-hydrogen) atoms. The molecule has 4 nitrogen and oxygen atoms in total. The number of nitrogens with one attached hydrogen (secondary N) is 1. The Hall–Kier alpha value is -2.49. The second kappa shape index (κ2) is 8.22. The first kappa shape index (κ1) is 16.9. The number of hydrogen-bond donors (Lipinski definition) is 1. The van der Waals surface area contributed by atoms with E-state index in [2.05, 4.69) is 11.4 Å². The van der Waals surface area contributed by atoms with Gasteiger partial charge in [-0.25, -0.2) is 0 Å². The molecule has 0 saturated carbocycles. The van der Waals surface area contributed by atoms with Crippen LogP contribution in [0.25, 0.3) is 0 Å². The molecule has 0 aliphatic carbocycles. The van der Waals surface area contributed by atoms with Gasteiger partial charge in [-0.2, -0.15) is 0 Å². The van der Waals surface area contributed by atoms with Gasteiger partial charge in [0, 0.05) is 12.1 Å². The van der Waals surface area contributed by atoms with Crippen LogP contribution in [0, 0.1) is 13.8 Å². The Morgan fingerprint density at radius 3 is 2.39 bits per heavy atom. The number of aryl methyl sites for hydroxylation is 2. The smallest absolute Gasteiger partial charge is 0.224 e. The molecular formula is C19H23NO3. The number of amides is 1. The SMILES string of the molecule is COc1ccc(OCCCC(=O)Nc2ccc(C)cc2C)cc1. The third kappa shape index (κ3) is 5.33. The summed E-state index contributed by atoms with van der Waals surface area (Å²) < 4.78 is 10.7. The van der Waals surface area contributed by atoms with Gasteiger partial charge in [-0.05, 0) is 56.2 Å². The second-order valence-corrected chi connectivity index (χ2v) is 5.49. The average Bonchev–Trinajstić information content (AvgIpc) is 2.55. The van der Waals surface area contributed by atoms with E-state index < -0.39 is 0 Å². The molecule has 0 bridgehead atoms. The van der Waals surface area contributed by atoms with E-state index in [4.69, 9.17) is 9.47 Å². The van der Waals surface area contributed by atoms with Crippen LogP contribution in [0.15, 0.2) is 42.5 Å². The third-order valence-corrected chi connectivity index (χ3v) is 3.53. The molecule has 2 aromatic carbocycles. The maximum absolute atomic E-state index is 12.0. The van der Waals surface area contributed by atoms with Crippen molar-refractivity contribution in [2.24, 2.45) is 0 Å². The number of carbonyl (C=O) groups is 1. The van der Waals surface area contributed by atoms with Gasteiger partial charge in [0.2, 0.25) is 5.91 Å². The third-order valence-electron chi connectivity index (χ3n) is 3.53. The van der Waals surface area contributed by atoms with Crippen molar-refractivity contribution < 1.29 is 14.3 Å². The zero-order chi connectivity index (χ0) is 16.7. The number of benzene rings is 2. The molecule has 0 aromatic heterocycles. The van der Waals surface area contributed by atoms with Crippen LogP contribution in [0.4, 0.5) is 5.69 Å². The van der Waals surface area contributed by atoms with Crippen molar-refractivity contribution >= 4 is 11.6 Å². The van der Waals surface area contributed by atoms with E-state index in [0.717, 1.165) is 22.7 Å². The summed E-state index contributed by atoms with van der Waals surface area (Å²) in [6.07, 6.45) is 1.10. The highest BCUT2D eigenvalue weighted by Gasteiger charge is 2.05. The molecule has 0 saturated heterocycles. The van der Waals surface area contributed by atoms with Crippen LogP contribution < -0.4 is 14.8 Å². The van der Waals surface area contributed by atoms with Crippen molar-refractivity contribution in [3.05, 3.63) is 53.6 Å². The van der Waals surface area contributed by atoms with Gasteiger partial charge in [0.1, 0.15) is 11.5 Å². The fourth-order valence-corrected chi connectivity index (χ4v) is 2.26. The summed E-state index contributed by atoms with van der Waals surface area (Å²) in [5.74, 6) is 1.58. The number of ether oxygens (including phenoxy) is 2. The molecule has 2 aromatic rings. The van der Waals surface area contributed by atoms with E-state index in [0.29, 0.717) is 19.4 Å². The minimum Gasteiger partial charge on any atom is -0.497 e. The molecule has 0 radical (unpaired) electrons. The Bertz CT molecular complexity index is 650. The lowest BCUT2D eigenvalue weighted by Crippen LogP contribution is -2.13. The Kier molecular flexibility index (Phi) is 6.03. The van der Waals surface area contributed by atoms with Crippen molar-refractivity contribution in [1.29, 1.82) is 0 Å². The van der Waals surface area contributed by atoms with E-state index >= 15 is 0 Å². The lowest BCUT2D eigenvalue weighted by Gasteiger charge is -2.10. The van der Waals surface area contributed by atoms with E-state index in [1.54, 1.807) is 7.11 Å². The van der Waals surface area contributed by atoms with Gasteiger partial charge in [-0.1, -0.05) is 17.7 Å². The van der Waals surface area contributed by atoms with Crippen LogP contribution in [-0.2, 0) is 4.79 Å². The monoisotopic (exact) mass is 313 g/mol. The standard InChI is InChI=1S/C19H23NO3/c1-14-6-11-18(15(2)13-14)20-19(21)5-4-12-23-17-9-7-16(22-3)8-10-17/h6-11,13H,4-5,12H2,1-3H3,(H,20,21). The minimum absolute atomic E-state index is 0.00952. The fourth-order valence-electron chi connectivity index (χ4n) is 2.26. The van der Waals surface area contributed by atoms with Crippen molar-refractivity contribution in [3.8, 4) is 11.5 Å². The maximum Gasteiger partial charge on any atom is 0.224 e. The van der Waals surface area contributed by atoms with Crippen LogP contribution in [0.5, 0.6) is 11.5 Å². The number of methoxy groups -OCH3 is 1. The average molecular weight is 313 g/mol. The molecular weight excluding hydrogens is 290 g/mol. The summed E-state index contributed by atoms with van der Waals surface area (Å²) >= 11 is 0. The molecule has 2 rings (SSSR count). The molecule has 0 aliphatic rings. The number of anilines is 1. The lowest BCUT2D eigenvalue weighted by atomic mass is 10.1. The summed E-state index contributed by atoms with van der Waals surface area (Å²) in [4.78, 5) is 12.0. The fraction of sp³-hybridized carbons (Fsp3) is 0.316. The molecule has 122 valence electrons. The predicted octanol–water partition coefficient (Wildman–Crippen LogP) is 4.11. The van der Waals surface area contributed by atoms with E-state index in [1.165, 1.54) is 5.56 Å². The van der Waals surface area contributed by atoms with Gasteiger partial charge in [-0.3, -0.25) is 4.79 Å². The number of carbonyl (C=O) groups excluding carboxylic acids is 1. The van der Waals surface area contributed by atoms with E-state index in [-0.39, 0.29) is 5.91 Å². The van der Waals surface area contributed by atoms with Gasteiger partial charge < -0.3 is 14.8 Å². The predicted molar refractivity (Wildman–Crippen MR) is 92.3 cm³/mol. The first-order valence-electron chi connectivity index (χ1n) is 7.72. The minimum atomic E-state index is 0.00952. The summed E-state index contributed by atoms with van der Waals surface area (Å²) in [7, 11) is 1.63. The van der Waals surface area contributed by atoms with Crippen LogP contribution in [0.2, 0.25) is 0 Å². The molecule has 4 heteroatoms. The Morgan fingerprint density at radius 2 is 1.74 bits per heavy atom. The largest absolute Gasteiger partial charge is 0.497 e. The normalized spacial score (nSPS) is 10.2.